The van der Waals surface area contributed by atoms with E-state index in [4.69, 9.17) is 16.3 Å². The second-order valence-corrected chi connectivity index (χ2v) is 6.72. The van der Waals surface area contributed by atoms with Crippen LogP contribution in [0.15, 0.2) is 52.3 Å². The highest BCUT2D eigenvalue weighted by Crippen LogP contribution is 2.31. The predicted molar refractivity (Wildman–Crippen MR) is 90.7 cm³/mol. The van der Waals surface area contributed by atoms with Crippen LogP contribution in [0, 0.1) is 3.57 Å². The molecule has 0 saturated heterocycles. The maximum Gasteiger partial charge on any atom is 0.339 e. The van der Waals surface area contributed by atoms with Crippen molar-refractivity contribution < 1.29 is 9.53 Å². The van der Waals surface area contributed by atoms with E-state index in [9.17, 15) is 4.79 Å². The molecule has 0 heterocycles. The summed E-state index contributed by atoms with van der Waals surface area (Å²) in [4.78, 5) is 13.8. The van der Waals surface area contributed by atoms with E-state index in [0.29, 0.717) is 17.2 Å². The Morgan fingerprint density at radius 1 is 1.20 bits per heavy atom. The van der Waals surface area contributed by atoms with E-state index in [1.54, 1.807) is 30.8 Å². The van der Waals surface area contributed by atoms with Crippen molar-refractivity contribution in [2.75, 3.05) is 6.61 Å². The van der Waals surface area contributed by atoms with Crippen LogP contribution in [0.1, 0.15) is 17.3 Å². The zero-order valence-corrected chi connectivity index (χ0v) is 14.5. The van der Waals surface area contributed by atoms with E-state index in [-0.39, 0.29) is 5.97 Å². The van der Waals surface area contributed by atoms with E-state index in [1.165, 1.54) is 3.57 Å². The summed E-state index contributed by atoms with van der Waals surface area (Å²) in [7, 11) is 0. The molecule has 0 atom stereocenters. The summed E-state index contributed by atoms with van der Waals surface area (Å²) in [5.74, 6) is -0.386. The number of esters is 1. The molecule has 0 unspecified atom stereocenters. The van der Waals surface area contributed by atoms with Crippen molar-refractivity contribution >= 4 is 51.9 Å². The monoisotopic (exact) mass is 418 g/mol. The van der Waals surface area contributed by atoms with E-state index in [2.05, 4.69) is 46.9 Å². The van der Waals surface area contributed by atoms with Crippen LogP contribution in [-0.4, -0.2) is 12.6 Å². The van der Waals surface area contributed by atoms with Gasteiger partial charge in [0.1, 0.15) is 0 Å². The SMILES string of the molecule is CCOC(=O)c1ccc(Sc2ccc(I)cc2)cc1Cl. The Kier molecular flexibility index (Phi) is 5.74. The minimum atomic E-state index is -0.386. The Hall–Kier alpha value is -0.720. The normalized spacial score (nSPS) is 10.3. The number of hydrogen-bond donors (Lipinski definition) is 0. The lowest BCUT2D eigenvalue weighted by molar-refractivity contribution is 0.0526. The van der Waals surface area contributed by atoms with Crippen molar-refractivity contribution in [2.24, 2.45) is 0 Å². The molecule has 104 valence electrons. The van der Waals surface area contributed by atoms with Crippen molar-refractivity contribution in [1.82, 2.24) is 0 Å². The van der Waals surface area contributed by atoms with Crippen LogP contribution in [0.3, 0.4) is 0 Å². The van der Waals surface area contributed by atoms with Gasteiger partial charge in [0.15, 0.2) is 0 Å². The van der Waals surface area contributed by atoms with Crippen LogP contribution in [0.4, 0.5) is 0 Å². The fourth-order valence-corrected chi connectivity index (χ4v) is 3.11. The molecule has 0 saturated carbocycles. The number of rotatable bonds is 4. The van der Waals surface area contributed by atoms with E-state index >= 15 is 0 Å². The van der Waals surface area contributed by atoms with Crippen molar-refractivity contribution in [2.45, 2.75) is 16.7 Å². The van der Waals surface area contributed by atoms with Crippen LogP contribution in [0.2, 0.25) is 5.02 Å². The quantitative estimate of drug-likeness (QED) is 0.500. The number of halogens is 2. The van der Waals surface area contributed by atoms with Crippen molar-refractivity contribution in [3.05, 3.63) is 56.6 Å². The molecule has 0 aliphatic carbocycles. The Bertz CT molecular complexity index is 614. The van der Waals surface area contributed by atoms with Gasteiger partial charge in [-0.15, -0.1) is 0 Å². The van der Waals surface area contributed by atoms with Gasteiger partial charge in [-0.05, 0) is 72.0 Å². The zero-order chi connectivity index (χ0) is 14.5. The summed E-state index contributed by atoms with van der Waals surface area (Å²) >= 11 is 10.0. The van der Waals surface area contributed by atoms with Crippen LogP contribution < -0.4 is 0 Å². The van der Waals surface area contributed by atoms with Gasteiger partial charge in [0.2, 0.25) is 0 Å². The number of carbonyl (C=O) groups is 1. The maximum atomic E-state index is 11.7. The van der Waals surface area contributed by atoms with Gasteiger partial charge < -0.3 is 4.74 Å². The third kappa shape index (κ3) is 4.14. The lowest BCUT2D eigenvalue weighted by Crippen LogP contribution is -2.05. The van der Waals surface area contributed by atoms with Crippen LogP contribution >= 0.6 is 46.0 Å². The number of benzene rings is 2. The van der Waals surface area contributed by atoms with E-state index < -0.39 is 0 Å². The Morgan fingerprint density at radius 2 is 1.85 bits per heavy atom. The highest BCUT2D eigenvalue weighted by atomic mass is 127. The van der Waals surface area contributed by atoms with Gasteiger partial charge in [0.05, 0.1) is 17.2 Å². The average molecular weight is 419 g/mol. The van der Waals surface area contributed by atoms with Gasteiger partial charge in [0.25, 0.3) is 0 Å². The van der Waals surface area contributed by atoms with Crippen LogP contribution in [0.5, 0.6) is 0 Å². The maximum absolute atomic E-state index is 11.7. The largest absolute Gasteiger partial charge is 0.462 e. The molecule has 0 aliphatic heterocycles. The molecule has 2 aromatic carbocycles. The lowest BCUT2D eigenvalue weighted by Gasteiger charge is -2.07. The highest BCUT2D eigenvalue weighted by molar-refractivity contribution is 14.1. The fourth-order valence-electron chi connectivity index (χ4n) is 1.57. The molecular weight excluding hydrogens is 407 g/mol. The Morgan fingerprint density at radius 3 is 2.45 bits per heavy atom. The first kappa shape index (κ1) is 15.7. The van der Waals surface area contributed by atoms with Crippen molar-refractivity contribution in [3.63, 3.8) is 0 Å². The Labute approximate surface area is 141 Å². The molecule has 5 heteroatoms. The first-order valence-electron chi connectivity index (χ1n) is 6.00. The zero-order valence-electron chi connectivity index (χ0n) is 10.7. The molecule has 0 spiro atoms. The van der Waals surface area contributed by atoms with Gasteiger partial charge in [-0.3, -0.25) is 0 Å². The van der Waals surface area contributed by atoms with Crippen molar-refractivity contribution in [3.8, 4) is 0 Å². The first-order chi connectivity index (χ1) is 9.60. The summed E-state index contributed by atoms with van der Waals surface area (Å²) in [5.41, 5.74) is 0.403. The van der Waals surface area contributed by atoms with E-state index in [1.807, 2.05) is 6.07 Å². The molecule has 0 N–H and O–H groups in total. The third-order valence-electron chi connectivity index (χ3n) is 2.49. The van der Waals surface area contributed by atoms with Gasteiger partial charge in [0, 0.05) is 13.4 Å². The van der Waals surface area contributed by atoms with Gasteiger partial charge >= 0.3 is 5.97 Å². The predicted octanol–water partition coefficient (Wildman–Crippen LogP) is 5.27. The lowest BCUT2D eigenvalue weighted by atomic mass is 10.2. The van der Waals surface area contributed by atoms with Crippen LogP contribution in [-0.2, 0) is 4.74 Å². The number of hydrogen-bond acceptors (Lipinski definition) is 3. The highest BCUT2D eigenvalue weighted by Gasteiger charge is 2.12. The number of carbonyl (C=O) groups excluding carboxylic acids is 1. The smallest absolute Gasteiger partial charge is 0.339 e. The Balaban J connectivity index is 2.16. The summed E-state index contributed by atoms with van der Waals surface area (Å²) in [6, 6.07) is 13.6. The van der Waals surface area contributed by atoms with Crippen LogP contribution in [0.25, 0.3) is 0 Å². The third-order valence-corrected chi connectivity index (χ3v) is 4.51. The summed E-state index contributed by atoms with van der Waals surface area (Å²) in [6.45, 7) is 2.11. The molecule has 0 radical (unpaired) electrons. The molecular formula is C15H12ClIO2S. The number of ether oxygens (including phenoxy) is 1. The standard InChI is InChI=1S/C15H12ClIO2S/c1-2-19-15(18)13-8-7-12(9-14(13)16)20-11-5-3-10(17)4-6-11/h3-9H,2H2,1H3. The second kappa shape index (κ2) is 7.33. The molecule has 2 aromatic rings. The molecule has 0 fully saturated rings. The van der Waals surface area contributed by atoms with E-state index in [0.717, 1.165) is 9.79 Å². The fraction of sp³-hybridized carbons (Fsp3) is 0.133. The molecule has 0 aliphatic rings. The molecule has 0 aromatic heterocycles. The average Bonchev–Trinajstić information content (AvgIpc) is 2.42. The minimum Gasteiger partial charge on any atom is -0.462 e. The second-order valence-electron chi connectivity index (χ2n) is 3.92. The first-order valence-corrected chi connectivity index (χ1v) is 8.27. The summed E-state index contributed by atoms with van der Waals surface area (Å²) in [5, 5.41) is 0.416. The summed E-state index contributed by atoms with van der Waals surface area (Å²) in [6.07, 6.45) is 0. The van der Waals surface area contributed by atoms with Gasteiger partial charge in [-0.1, -0.05) is 23.4 Å². The molecule has 0 amide bonds. The molecule has 2 rings (SSSR count). The van der Waals surface area contributed by atoms with Gasteiger partial charge in [-0.25, -0.2) is 4.79 Å². The minimum absolute atomic E-state index is 0.342. The molecule has 20 heavy (non-hydrogen) atoms. The van der Waals surface area contributed by atoms with Crippen molar-refractivity contribution in [1.29, 1.82) is 0 Å². The summed E-state index contributed by atoms with van der Waals surface area (Å²) < 4.78 is 6.15. The van der Waals surface area contributed by atoms with Gasteiger partial charge in [-0.2, -0.15) is 0 Å². The molecule has 0 bridgehead atoms. The topological polar surface area (TPSA) is 26.3 Å². The molecule has 2 nitrogen and oxygen atoms in total.